The van der Waals surface area contributed by atoms with Gasteiger partial charge in [0.2, 0.25) is 11.7 Å². The Morgan fingerprint density at radius 1 is 1.36 bits per heavy atom. The van der Waals surface area contributed by atoms with E-state index in [0.717, 1.165) is 5.56 Å². The molecule has 7 heteroatoms. The predicted molar refractivity (Wildman–Crippen MR) is 80.0 cm³/mol. The SMILES string of the molecule is Cc1cnn([C@H](C)[C@@H](C)NCc2nc(-c3ccco3)no2)c1. The van der Waals surface area contributed by atoms with E-state index in [1.165, 1.54) is 0 Å². The molecule has 1 N–H and O–H groups in total. The molecule has 0 spiro atoms. The van der Waals surface area contributed by atoms with Crippen LogP contribution in [0.5, 0.6) is 0 Å². The van der Waals surface area contributed by atoms with Crippen LogP contribution in [0.3, 0.4) is 0 Å². The molecule has 0 unspecified atom stereocenters. The van der Waals surface area contributed by atoms with Gasteiger partial charge in [0.25, 0.3) is 0 Å². The van der Waals surface area contributed by atoms with Gasteiger partial charge in [0.1, 0.15) is 0 Å². The first kappa shape index (κ1) is 14.5. The molecule has 3 rings (SSSR count). The van der Waals surface area contributed by atoms with Crippen molar-refractivity contribution in [1.82, 2.24) is 25.2 Å². The molecule has 3 aromatic heterocycles. The summed E-state index contributed by atoms with van der Waals surface area (Å²) < 4.78 is 12.4. The number of rotatable bonds is 6. The second-order valence-corrected chi connectivity index (χ2v) is 5.40. The normalized spacial score (nSPS) is 14.1. The van der Waals surface area contributed by atoms with Crippen LogP contribution in [-0.2, 0) is 6.54 Å². The summed E-state index contributed by atoms with van der Waals surface area (Å²) in [6.45, 7) is 6.75. The average Bonchev–Trinajstić information content (AvgIpc) is 3.24. The highest BCUT2D eigenvalue weighted by Crippen LogP contribution is 2.16. The van der Waals surface area contributed by atoms with Gasteiger partial charge in [0.05, 0.1) is 25.0 Å². The van der Waals surface area contributed by atoms with Crippen molar-refractivity contribution in [3.63, 3.8) is 0 Å². The Labute approximate surface area is 128 Å². The third kappa shape index (κ3) is 3.09. The van der Waals surface area contributed by atoms with Gasteiger partial charge in [-0.05, 0) is 38.5 Å². The fourth-order valence-corrected chi connectivity index (χ4v) is 2.14. The molecular weight excluding hydrogens is 282 g/mol. The van der Waals surface area contributed by atoms with Crippen LogP contribution < -0.4 is 5.32 Å². The van der Waals surface area contributed by atoms with Gasteiger partial charge >= 0.3 is 0 Å². The van der Waals surface area contributed by atoms with Crippen LogP contribution >= 0.6 is 0 Å². The first-order valence-electron chi connectivity index (χ1n) is 7.24. The molecule has 0 fully saturated rings. The van der Waals surface area contributed by atoms with Gasteiger partial charge < -0.3 is 14.3 Å². The molecular formula is C15H19N5O2. The number of hydrogen-bond donors (Lipinski definition) is 1. The van der Waals surface area contributed by atoms with E-state index in [0.29, 0.717) is 24.0 Å². The molecule has 0 saturated carbocycles. The first-order chi connectivity index (χ1) is 10.6. The number of furan rings is 1. The zero-order valence-electron chi connectivity index (χ0n) is 12.9. The second kappa shape index (κ2) is 6.15. The van der Waals surface area contributed by atoms with Crippen LogP contribution in [0, 0.1) is 6.92 Å². The van der Waals surface area contributed by atoms with E-state index < -0.39 is 0 Å². The van der Waals surface area contributed by atoms with Crippen LogP contribution in [-0.4, -0.2) is 26.0 Å². The smallest absolute Gasteiger partial charge is 0.241 e. The lowest BCUT2D eigenvalue weighted by atomic mass is 10.2. The third-order valence-electron chi connectivity index (χ3n) is 3.66. The van der Waals surface area contributed by atoms with Crippen LogP contribution in [0.4, 0.5) is 0 Å². The van der Waals surface area contributed by atoms with E-state index in [-0.39, 0.29) is 12.1 Å². The van der Waals surface area contributed by atoms with Crippen molar-refractivity contribution in [3.05, 3.63) is 42.2 Å². The quantitative estimate of drug-likeness (QED) is 0.753. The molecule has 0 radical (unpaired) electrons. The Morgan fingerprint density at radius 2 is 2.23 bits per heavy atom. The molecule has 3 heterocycles. The Balaban J connectivity index is 1.58. The van der Waals surface area contributed by atoms with E-state index in [4.69, 9.17) is 8.94 Å². The van der Waals surface area contributed by atoms with Crippen molar-refractivity contribution < 1.29 is 8.94 Å². The number of hydrogen-bond acceptors (Lipinski definition) is 6. The number of nitrogens with one attached hydrogen (secondary N) is 1. The molecule has 7 nitrogen and oxygen atoms in total. The molecule has 116 valence electrons. The van der Waals surface area contributed by atoms with Crippen molar-refractivity contribution in [2.24, 2.45) is 0 Å². The van der Waals surface area contributed by atoms with E-state index in [2.05, 4.69) is 34.4 Å². The zero-order chi connectivity index (χ0) is 15.5. The molecule has 3 aromatic rings. The summed E-state index contributed by atoms with van der Waals surface area (Å²) in [6.07, 6.45) is 5.47. The zero-order valence-corrected chi connectivity index (χ0v) is 12.9. The molecule has 0 aliphatic rings. The highest BCUT2D eigenvalue weighted by Gasteiger charge is 2.16. The molecule has 0 aliphatic carbocycles. The molecule has 0 aliphatic heterocycles. The maximum absolute atomic E-state index is 5.24. The molecule has 22 heavy (non-hydrogen) atoms. The number of aryl methyl sites for hydroxylation is 1. The second-order valence-electron chi connectivity index (χ2n) is 5.40. The van der Waals surface area contributed by atoms with E-state index in [9.17, 15) is 0 Å². The minimum Gasteiger partial charge on any atom is -0.461 e. The predicted octanol–water partition coefficient (Wildman–Crippen LogP) is 2.57. The lowest BCUT2D eigenvalue weighted by molar-refractivity contribution is 0.325. The summed E-state index contributed by atoms with van der Waals surface area (Å²) in [5.74, 6) is 1.59. The summed E-state index contributed by atoms with van der Waals surface area (Å²) in [6, 6.07) is 4.02. The maximum Gasteiger partial charge on any atom is 0.241 e. The molecule has 0 aromatic carbocycles. The van der Waals surface area contributed by atoms with Gasteiger partial charge in [-0.15, -0.1) is 0 Å². The lowest BCUT2D eigenvalue weighted by Gasteiger charge is -2.20. The summed E-state index contributed by atoms with van der Waals surface area (Å²) in [4.78, 5) is 4.30. The van der Waals surface area contributed by atoms with Crippen LogP contribution in [0.15, 0.2) is 39.7 Å². The van der Waals surface area contributed by atoms with E-state index >= 15 is 0 Å². The average molecular weight is 301 g/mol. The van der Waals surface area contributed by atoms with Gasteiger partial charge in [-0.3, -0.25) is 4.68 Å². The maximum atomic E-state index is 5.24. The first-order valence-corrected chi connectivity index (χ1v) is 7.24. The largest absolute Gasteiger partial charge is 0.461 e. The van der Waals surface area contributed by atoms with Crippen LogP contribution in [0.1, 0.15) is 31.3 Å². The Hall–Kier alpha value is -2.41. The fraction of sp³-hybridized carbons (Fsp3) is 0.400. The van der Waals surface area contributed by atoms with Crippen molar-refractivity contribution >= 4 is 0 Å². The Bertz CT molecular complexity index is 716. The van der Waals surface area contributed by atoms with Crippen LogP contribution in [0.2, 0.25) is 0 Å². The monoisotopic (exact) mass is 301 g/mol. The topological polar surface area (TPSA) is 81.9 Å². The Morgan fingerprint density at radius 3 is 2.91 bits per heavy atom. The van der Waals surface area contributed by atoms with Crippen molar-refractivity contribution in [2.45, 2.75) is 39.4 Å². The van der Waals surface area contributed by atoms with Crippen molar-refractivity contribution in [2.75, 3.05) is 0 Å². The summed E-state index contributed by atoms with van der Waals surface area (Å²) in [5.41, 5.74) is 1.15. The van der Waals surface area contributed by atoms with Crippen LogP contribution in [0.25, 0.3) is 11.6 Å². The lowest BCUT2D eigenvalue weighted by Crippen LogP contribution is -2.33. The summed E-state index contributed by atoms with van der Waals surface area (Å²) >= 11 is 0. The fourth-order valence-electron chi connectivity index (χ4n) is 2.14. The highest BCUT2D eigenvalue weighted by atomic mass is 16.5. The minimum absolute atomic E-state index is 0.207. The summed E-state index contributed by atoms with van der Waals surface area (Å²) in [7, 11) is 0. The minimum atomic E-state index is 0.207. The molecule has 2 atom stereocenters. The molecule has 0 saturated heterocycles. The number of nitrogens with zero attached hydrogens (tertiary/aromatic N) is 4. The van der Waals surface area contributed by atoms with Gasteiger partial charge in [0, 0.05) is 12.2 Å². The highest BCUT2D eigenvalue weighted by molar-refractivity contribution is 5.44. The van der Waals surface area contributed by atoms with Crippen molar-refractivity contribution in [3.8, 4) is 11.6 Å². The van der Waals surface area contributed by atoms with Gasteiger partial charge in [-0.1, -0.05) is 5.16 Å². The van der Waals surface area contributed by atoms with E-state index in [1.807, 2.05) is 24.0 Å². The molecule has 0 bridgehead atoms. The van der Waals surface area contributed by atoms with Gasteiger partial charge in [-0.2, -0.15) is 10.1 Å². The van der Waals surface area contributed by atoms with E-state index in [1.54, 1.807) is 18.4 Å². The Kier molecular flexibility index (Phi) is 4.06. The summed E-state index contributed by atoms with van der Waals surface area (Å²) in [5, 5.41) is 11.6. The molecule has 0 amide bonds. The van der Waals surface area contributed by atoms with Gasteiger partial charge in [0.15, 0.2) is 5.76 Å². The van der Waals surface area contributed by atoms with Gasteiger partial charge in [-0.25, -0.2) is 0 Å². The third-order valence-corrected chi connectivity index (χ3v) is 3.66. The van der Waals surface area contributed by atoms with Crippen molar-refractivity contribution in [1.29, 1.82) is 0 Å². The number of aromatic nitrogens is 4. The standard InChI is InChI=1S/C15H19N5O2/c1-10-7-17-20(9-10)12(3)11(2)16-8-14-18-15(19-22-14)13-5-4-6-21-13/h4-7,9,11-12,16H,8H2,1-3H3/t11-,12-/m1/s1.